The number of amides is 1. The minimum atomic E-state index is -0.984. The smallest absolute Gasteiger partial charge is 0.350 e. The van der Waals surface area contributed by atoms with E-state index in [0.717, 1.165) is 15.8 Å². The number of aliphatic hydroxyl groups is 1. The van der Waals surface area contributed by atoms with Gasteiger partial charge >= 0.3 is 11.9 Å². The monoisotopic (exact) mass is 584 g/mol. The van der Waals surface area contributed by atoms with Crippen LogP contribution in [-0.2, 0) is 14.3 Å². The highest BCUT2D eigenvalue weighted by atomic mass is 79.9. The lowest BCUT2D eigenvalue weighted by atomic mass is 9.95. The second-order valence-corrected chi connectivity index (χ2v) is 10.1. The van der Waals surface area contributed by atoms with E-state index in [1.807, 2.05) is 0 Å². The van der Waals surface area contributed by atoms with Gasteiger partial charge in [-0.25, -0.2) is 9.78 Å². The standard InChI is InChI=1S/C26H21BrN2O7S/c1-3-34-25(33)23-13(2)28-26(37-23)29-20(14-4-7-16(27)8-5-14)19(22(31)24(29)32)21(30)15-6-9-17-18(12-15)36-11-10-35-17/h4-9,12,20,30H,3,10-11H2,1-2H3/b21-19+. The highest BCUT2D eigenvalue weighted by Crippen LogP contribution is 2.45. The van der Waals surface area contributed by atoms with Crippen LogP contribution in [-0.4, -0.2) is 47.6 Å². The van der Waals surface area contributed by atoms with Gasteiger partial charge in [0, 0.05) is 10.0 Å². The molecule has 37 heavy (non-hydrogen) atoms. The van der Waals surface area contributed by atoms with Crippen LogP contribution in [0.4, 0.5) is 5.13 Å². The van der Waals surface area contributed by atoms with Crippen LogP contribution in [0.15, 0.2) is 52.5 Å². The fourth-order valence-corrected chi connectivity index (χ4v) is 5.46. The summed E-state index contributed by atoms with van der Waals surface area (Å²) >= 11 is 4.36. The van der Waals surface area contributed by atoms with E-state index in [4.69, 9.17) is 14.2 Å². The van der Waals surface area contributed by atoms with Crippen molar-refractivity contribution in [2.75, 3.05) is 24.7 Å². The van der Waals surface area contributed by atoms with Crippen LogP contribution in [0.5, 0.6) is 11.5 Å². The number of ether oxygens (including phenoxy) is 3. The predicted molar refractivity (Wildman–Crippen MR) is 139 cm³/mol. The Labute approximate surface area is 224 Å². The number of halogens is 1. The molecule has 0 saturated carbocycles. The van der Waals surface area contributed by atoms with E-state index in [2.05, 4.69) is 20.9 Å². The number of fused-ring (bicyclic) bond motifs is 1. The van der Waals surface area contributed by atoms with Crippen LogP contribution in [0.25, 0.3) is 5.76 Å². The van der Waals surface area contributed by atoms with Crippen molar-refractivity contribution in [1.82, 2.24) is 4.98 Å². The molecule has 1 aromatic heterocycles. The number of benzene rings is 2. The summed E-state index contributed by atoms with van der Waals surface area (Å²) in [5, 5.41) is 11.5. The molecule has 0 bridgehead atoms. The molecule has 0 radical (unpaired) electrons. The Kier molecular flexibility index (Phi) is 6.74. The van der Waals surface area contributed by atoms with Gasteiger partial charge in [0.1, 0.15) is 23.9 Å². The highest BCUT2D eigenvalue weighted by Gasteiger charge is 2.48. The third kappa shape index (κ3) is 4.49. The zero-order chi connectivity index (χ0) is 26.3. The lowest BCUT2D eigenvalue weighted by molar-refractivity contribution is -0.132. The molecule has 11 heteroatoms. The molecule has 9 nitrogen and oxygen atoms in total. The Balaban J connectivity index is 1.66. The number of aryl methyl sites for hydroxylation is 1. The van der Waals surface area contributed by atoms with Crippen LogP contribution in [0.1, 0.15) is 39.5 Å². The van der Waals surface area contributed by atoms with Crippen molar-refractivity contribution in [3.8, 4) is 11.5 Å². The summed E-state index contributed by atoms with van der Waals surface area (Å²) in [6.07, 6.45) is 0. The molecule has 3 aromatic rings. The van der Waals surface area contributed by atoms with Gasteiger partial charge in [-0.2, -0.15) is 0 Å². The Morgan fingerprint density at radius 1 is 1.16 bits per heavy atom. The maximum absolute atomic E-state index is 13.4. The molecule has 1 N–H and O–H groups in total. The maximum atomic E-state index is 13.4. The number of carbonyl (C=O) groups is 3. The molecule has 2 aliphatic heterocycles. The molecule has 5 rings (SSSR count). The lowest BCUT2D eigenvalue weighted by Gasteiger charge is -2.23. The molecule has 190 valence electrons. The van der Waals surface area contributed by atoms with E-state index in [1.54, 1.807) is 56.3 Å². The third-order valence-corrected chi connectivity index (χ3v) is 7.56. The molecule has 2 aliphatic rings. The normalized spacial score (nSPS) is 18.2. The SMILES string of the molecule is CCOC(=O)c1sc(N2C(=O)C(=O)/C(=C(/O)c3ccc4c(c3)OCCO4)C2c2ccc(Br)cc2)nc1C. The number of hydrogen-bond acceptors (Lipinski definition) is 9. The first-order valence-corrected chi connectivity index (χ1v) is 13.0. The highest BCUT2D eigenvalue weighted by molar-refractivity contribution is 9.10. The predicted octanol–water partition coefficient (Wildman–Crippen LogP) is 4.79. The number of aromatic nitrogens is 1. The van der Waals surface area contributed by atoms with Gasteiger partial charge in [-0.15, -0.1) is 0 Å². The van der Waals surface area contributed by atoms with Gasteiger partial charge in [-0.1, -0.05) is 39.4 Å². The van der Waals surface area contributed by atoms with Crippen molar-refractivity contribution in [3.63, 3.8) is 0 Å². The number of nitrogens with zero attached hydrogens (tertiary/aromatic N) is 2. The second-order valence-electron chi connectivity index (χ2n) is 8.21. The molecular formula is C26H21BrN2O7S. The van der Waals surface area contributed by atoms with Crippen molar-refractivity contribution >= 4 is 55.8 Å². The van der Waals surface area contributed by atoms with Crippen LogP contribution in [0.2, 0.25) is 0 Å². The Bertz CT molecular complexity index is 1450. The summed E-state index contributed by atoms with van der Waals surface area (Å²) < 4.78 is 17.1. The summed E-state index contributed by atoms with van der Waals surface area (Å²) in [5.74, 6) is -1.69. The van der Waals surface area contributed by atoms with Crippen molar-refractivity contribution < 1.29 is 33.7 Å². The number of rotatable bonds is 5. The number of ketones is 1. The van der Waals surface area contributed by atoms with Gasteiger partial charge in [-0.05, 0) is 49.7 Å². The molecule has 0 aliphatic carbocycles. The first-order chi connectivity index (χ1) is 17.8. The minimum absolute atomic E-state index is 0.102. The van der Waals surface area contributed by atoms with Crippen LogP contribution in [0.3, 0.4) is 0 Å². The zero-order valence-corrected chi connectivity index (χ0v) is 22.2. The summed E-state index contributed by atoms with van der Waals surface area (Å²) in [6, 6.07) is 10.9. The Morgan fingerprint density at radius 3 is 2.57 bits per heavy atom. The van der Waals surface area contributed by atoms with Crippen molar-refractivity contribution in [2.45, 2.75) is 19.9 Å². The lowest BCUT2D eigenvalue weighted by Crippen LogP contribution is -2.29. The second kappa shape index (κ2) is 9.98. The van der Waals surface area contributed by atoms with E-state index in [0.29, 0.717) is 41.5 Å². The van der Waals surface area contributed by atoms with Crippen molar-refractivity contribution in [1.29, 1.82) is 0 Å². The van der Waals surface area contributed by atoms with Gasteiger partial charge in [0.25, 0.3) is 5.78 Å². The van der Waals surface area contributed by atoms with Gasteiger partial charge in [-0.3, -0.25) is 14.5 Å². The van der Waals surface area contributed by atoms with E-state index in [9.17, 15) is 19.5 Å². The van der Waals surface area contributed by atoms with E-state index in [-0.39, 0.29) is 27.9 Å². The van der Waals surface area contributed by atoms with Gasteiger partial charge < -0.3 is 19.3 Å². The largest absolute Gasteiger partial charge is 0.507 e. The molecule has 3 heterocycles. The van der Waals surface area contributed by atoms with Gasteiger partial charge in [0.05, 0.1) is 23.9 Å². The van der Waals surface area contributed by atoms with E-state index >= 15 is 0 Å². The molecule has 1 amide bonds. The Hall–Kier alpha value is -3.70. The van der Waals surface area contributed by atoms with Crippen LogP contribution < -0.4 is 14.4 Å². The van der Waals surface area contributed by atoms with Gasteiger partial charge in [0.2, 0.25) is 0 Å². The van der Waals surface area contributed by atoms with E-state index < -0.39 is 23.7 Å². The third-order valence-electron chi connectivity index (χ3n) is 5.90. The molecule has 2 aromatic carbocycles. The van der Waals surface area contributed by atoms with E-state index in [1.165, 1.54) is 4.90 Å². The summed E-state index contributed by atoms with van der Waals surface area (Å²) in [7, 11) is 0. The maximum Gasteiger partial charge on any atom is 0.350 e. The number of carbonyl (C=O) groups excluding carboxylic acids is 3. The number of hydrogen-bond donors (Lipinski definition) is 1. The average molecular weight is 585 g/mol. The summed E-state index contributed by atoms with van der Waals surface area (Å²) in [5.41, 5.74) is 1.15. The molecule has 1 unspecified atom stereocenters. The molecule has 0 spiro atoms. The van der Waals surface area contributed by atoms with Crippen LogP contribution in [0, 0.1) is 6.92 Å². The van der Waals surface area contributed by atoms with Crippen molar-refractivity contribution in [2.24, 2.45) is 0 Å². The fourth-order valence-electron chi connectivity index (χ4n) is 4.21. The molecule has 1 saturated heterocycles. The first kappa shape index (κ1) is 25.0. The van der Waals surface area contributed by atoms with Crippen LogP contribution >= 0.6 is 27.3 Å². The van der Waals surface area contributed by atoms with Gasteiger partial charge in [0.15, 0.2) is 16.6 Å². The number of thiazole rings is 1. The quantitative estimate of drug-likeness (QED) is 0.197. The Morgan fingerprint density at radius 2 is 1.86 bits per heavy atom. The minimum Gasteiger partial charge on any atom is -0.507 e. The fraction of sp³-hybridized carbons (Fsp3) is 0.231. The number of aliphatic hydroxyl groups excluding tert-OH is 1. The topological polar surface area (TPSA) is 115 Å². The molecular weight excluding hydrogens is 564 g/mol. The number of esters is 1. The number of anilines is 1. The zero-order valence-electron chi connectivity index (χ0n) is 19.8. The molecule has 1 fully saturated rings. The van der Waals surface area contributed by atoms with Crippen molar-refractivity contribution in [3.05, 3.63) is 74.2 Å². The average Bonchev–Trinajstić information content (AvgIpc) is 3.40. The summed E-state index contributed by atoms with van der Waals surface area (Å²) in [6.45, 7) is 4.27. The summed E-state index contributed by atoms with van der Waals surface area (Å²) in [4.78, 5) is 45.0. The number of Topliss-reactive ketones (excluding diaryl/α,β-unsaturated/α-hetero) is 1. The first-order valence-electron chi connectivity index (χ1n) is 11.4. The molecule has 1 atom stereocenters.